The zero-order valence-electron chi connectivity index (χ0n) is 8.32. The third kappa shape index (κ3) is 2.21. The summed E-state index contributed by atoms with van der Waals surface area (Å²) in [5, 5.41) is 19.2. The first-order chi connectivity index (χ1) is 6.69. The molecule has 0 aromatic carbocycles. The van der Waals surface area contributed by atoms with E-state index in [9.17, 15) is 4.79 Å². The molecule has 1 aromatic heterocycles. The van der Waals surface area contributed by atoms with Gasteiger partial charge >= 0.3 is 5.97 Å². The van der Waals surface area contributed by atoms with Crippen LogP contribution in [0.2, 0.25) is 0 Å². The lowest BCUT2D eigenvalue weighted by molar-refractivity contribution is -0.137. The van der Waals surface area contributed by atoms with E-state index in [0.717, 1.165) is 6.54 Å². The van der Waals surface area contributed by atoms with Crippen molar-refractivity contribution in [3.05, 3.63) is 5.82 Å². The summed E-state index contributed by atoms with van der Waals surface area (Å²) in [6, 6.07) is 0. The summed E-state index contributed by atoms with van der Waals surface area (Å²) in [6.07, 6.45) is 0.500. The summed E-state index contributed by atoms with van der Waals surface area (Å²) in [5.41, 5.74) is 0. The molecule has 0 spiro atoms. The molecule has 0 atom stereocenters. The zero-order chi connectivity index (χ0) is 10.6. The van der Waals surface area contributed by atoms with Crippen LogP contribution in [-0.2, 0) is 17.8 Å². The maximum absolute atomic E-state index is 10.4. The lowest BCUT2D eigenvalue weighted by atomic mass is 10.3. The van der Waals surface area contributed by atoms with Crippen LogP contribution in [0.5, 0.6) is 0 Å². The summed E-state index contributed by atoms with van der Waals surface area (Å²) in [4.78, 5) is 10.4. The number of carboxylic acids is 1. The van der Waals surface area contributed by atoms with Gasteiger partial charge in [0.05, 0.1) is 6.42 Å². The lowest BCUT2D eigenvalue weighted by Gasteiger charge is -2.05. The summed E-state index contributed by atoms with van der Waals surface area (Å²) in [7, 11) is 1.76. The van der Waals surface area contributed by atoms with Gasteiger partial charge in [-0.05, 0) is 6.92 Å². The molecule has 6 nitrogen and oxygen atoms in total. The van der Waals surface area contributed by atoms with Crippen LogP contribution < -0.4 is 5.32 Å². The smallest absolute Gasteiger partial charge is 0.303 e. The van der Waals surface area contributed by atoms with Crippen LogP contribution in [0.3, 0.4) is 0 Å². The quantitative estimate of drug-likeness (QED) is 0.714. The van der Waals surface area contributed by atoms with Gasteiger partial charge in [0, 0.05) is 20.0 Å². The average Bonchev–Trinajstić information content (AvgIpc) is 2.56. The van der Waals surface area contributed by atoms with Gasteiger partial charge in [0.15, 0.2) is 0 Å². The molecule has 0 amide bonds. The first-order valence-corrected chi connectivity index (χ1v) is 4.50. The average molecular weight is 198 g/mol. The van der Waals surface area contributed by atoms with Gasteiger partial charge in [-0.15, -0.1) is 10.2 Å². The Bertz CT molecular complexity index is 321. The third-order valence-electron chi connectivity index (χ3n) is 1.93. The van der Waals surface area contributed by atoms with Gasteiger partial charge in [0.25, 0.3) is 0 Å². The highest BCUT2D eigenvalue weighted by Gasteiger charge is 2.10. The van der Waals surface area contributed by atoms with Crippen LogP contribution in [-0.4, -0.2) is 32.9 Å². The molecule has 0 fully saturated rings. The molecule has 78 valence electrons. The Labute approximate surface area is 82.0 Å². The Balaban J connectivity index is 2.75. The summed E-state index contributed by atoms with van der Waals surface area (Å²) in [5.74, 6) is 0.564. The third-order valence-corrected chi connectivity index (χ3v) is 1.93. The summed E-state index contributed by atoms with van der Waals surface area (Å²) >= 11 is 0. The van der Waals surface area contributed by atoms with Crippen LogP contribution in [0, 0.1) is 0 Å². The molecule has 1 aromatic rings. The highest BCUT2D eigenvalue weighted by molar-refractivity contribution is 5.66. The number of aromatic nitrogens is 3. The molecule has 1 heterocycles. The molecule has 0 aliphatic carbocycles. The highest BCUT2D eigenvalue weighted by Crippen LogP contribution is 2.08. The Hall–Kier alpha value is -1.59. The van der Waals surface area contributed by atoms with Crippen molar-refractivity contribution in [2.24, 2.45) is 0 Å². The number of nitrogens with zero attached hydrogens (tertiary/aromatic N) is 3. The first kappa shape index (κ1) is 10.5. The van der Waals surface area contributed by atoms with Crippen molar-refractivity contribution in [1.82, 2.24) is 14.8 Å². The second-order valence-corrected chi connectivity index (χ2v) is 2.83. The maximum atomic E-state index is 10.4. The van der Waals surface area contributed by atoms with E-state index < -0.39 is 5.97 Å². The van der Waals surface area contributed by atoms with E-state index in [4.69, 9.17) is 5.11 Å². The van der Waals surface area contributed by atoms with Gasteiger partial charge in [0.1, 0.15) is 5.82 Å². The molecule has 0 bridgehead atoms. The molecule has 2 N–H and O–H groups in total. The number of aliphatic carboxylic acids is 1. The predicted octanol–water partition coefficient (Wildman–Crippen LogP) is 0.357. The fourth-order valence-corrected chi connectivity index (χ4v) is 1.26. The van der Waals surface area contributed by atoms with Gasteiger partial charge in [-0.1, -0.05) is 0 Å². The Morgan fingerprint density at radius 2 is 2.29 bits per heavy atom. The lowest BCUT2D eigenvalue weighted by Crippen LogP contribution is -2.07. The van der Waals surface area contributed by atoms with Crippen LogP contribution >= 0.6 is 0 Å². The number of carbonyl (C=O) groups is 1. The van der Waals surface area contributed by atoms with E-state index in [1.807, 2.05) is 11.5 Å². The molecule has 0 radical (unpaired) electrons. The number of rotatable bonds is 5. The topological polar surface area (TPSA) is 80.0 Å². The SMILES string of the molecule is CCn1c(CCC(=O)O)nnc1NC. The van der Waals surface area contributed by atoms with Crippen molar-refractivity contribution in [3.8, 4) is 0 Å². The van der Waals surface area contributed by atoms with Gasteiger partial charge in [-0.2, -0.15) is 0 Å². The molecular formula is C8H14N4O2. The number of nitrogens with one attached hydrogen (secondary N) is 1. The Kier molecular flexibility index (Phi) is 3.44. The number of aryl methyl sites for hydroxylation is 1. The van der Waals surface area contributed by atoms with Crippen molar-refractivity contribution < 1.29 is 9.90 Å². The summed E-state index contributed by atoms with van der Waals surface area (Å²) < 4.78 is 1.86. The molecule has 0 saturated heterocycles. The molecule has 14 heavy (non-hydrogen) atoms. The molecule has 0 aliphatic heterocycles. The standard InChI is InChI=1S/C8H14N4O2/c1-3-12-6(4-5-7(13)14)10-11-8(12)9-2/h3-5H2,1-2H3,(H,9,11)(H,13,14). The normalized spacial score (nSPS) is 10.1. The van der Waals surface area contributed by atoms with Gasteiger partial charge < -0.3 is 10.4 Å². The fourth-order valence-electron chi connectivity index (χ4n) is 1.26. The molecule has 1 rings (SSSR count). The minimum Gasteiger partial charge on any atom is -0.481 e. The van der Waals surface area contributed by atoms with Gasteiger partial charge in [-0.25, -0.2) is 0 Å². The second kappa shape index (κ2) is 4.59. The maximum Gasteiger partial charge on any atom is 0.303 e. The van der Waals surface area contributed by atoms with Gasteiger partial charge in [0.2, 0.25) is 5.95 Å². The minimum absolute atomic E-state index is 0.0852. The van der Waals surface area contributed by atoms with Crippen molar-refractivity contribution in [1.29, 1.82) is 0 Å². The molecule has 0 aliphatic rings. The van der Waals surface area contributed by atoms with Crippen molar-refractivity contribution in [2.75, 3.05) is 12.4 Å². The monoisotopic (exact) mass is 198 g/mol. The van der Waals surface area contributed by atoms with Crippen LogP contribution in [0.25, 0.3) is 0 Å². The van der Waals surface area contributed by atoms with Crippen LogP contribution in [0.4, 0.5) is 5.95 Å². The van der Waals surface area contributed by atoms with Crippen molar-refractivity contribution >= 4 is 11.9 Å². The zero-order valence-corrected chi connectivity index (χ0v) is 8.32. The predicted molar refractivity (Wildman–Crippen MR) is 51.2 cm³/mol. The number of carboxylic acid groups (broad SMARTS) is 1. The highest BCUT2D eigenvalue weighted by atomic mass is 16.4. The van der Waals surface area contributed by atoms with E-state index in [1.54, 1.807) is 7.05 Å². The minimum atomic E-state index is -0.818. The van der Waals surface area contributed by atoms with E-state index in [2.05, 4.69) is 15.5 Å². The van der Waals surface area contributed by atoms with Crippen LogP contribution in [0.1, 0.15) is 19.2 Å². The number of anilines is 1. The Morgan fingerprint density at radius 1 is 1.57 bits per heavy atom. The molecule has 6 heteroatoms. The number of hydrogen-bond acceptors (Lipinski definition) is 4. The fraction of sp³-hybridized carbons (Fsp3) is 0.625. The van der Waals surface area contributed by atoms with E-state index in [0.29, 0.717) is 18.2 Å². The molecule has 0 saturated carbocycles. The number of hydrogen-bond donors (Lipinski definition) is 2. The molecule has 0 unspecified atom stereocenters. The largest absolute Gasteiger partial charge is 0.481 e. The molecular weight excluding hydrogens is 184 g/mol. The van der Waals surface area contributed by atoms with E-state index >= 15 is 0 Å². The van der Waals surface area contributed by atoms with Crippen LogP contribution in [0.15, 0.2) is 0 Å². The second-order valence-electron chi connectivity index (χ2n) is 2.83. The first-order valence-electron chi connectivity index (χ1n) is 4.50. The van der Waals surface area contributed by atoms with Gasteiger partial charge in [-0.3, -0.25) is 9.36 Å². The van der Waals surface area contributed by atoms with Crippen molar-refractivity contribution in [3.63, 3.8) is 0 Å². The van der Waals surface area contributed by atoms with E-state index in [-0.39, 0.29) is 6.42 Å². The summed E-state index contributed by atoms with van der Waals surface area (Å²) in [6.45, 7) is 2.70. The van der Waals surface area contributed by atoms with Crippen molar-refractivity contribution in [2.45, 2.75) is 26.3 Å². The Morgan fingerprint density at radius 3 is 2.79 bits per heavy atom. The van der Waals surface area contributed by atoms with E-state index in [1.165, 1.54) is 0 Å².